The van der Waals surface area contributed by atoms with Gasteiger partial charge in [-0.2, -0.15) is 0 Å². The number of benzene rings is 1. The lowest BCUT2D eigenvalue weighted by molar-refractivity contribution is 0.623. The predicted octanol–water partition coefficient (Wildman–Crippen LogP) is 4.02. The summed E-state index contributed by atoms with van der Waals surface area (Å²) in [5, 5.41) is 6.21. The van der Waals surface area contributed by atoms with Gasteiger partial charge in [0.05, 0.1) is 11.7 Å². The Morgan fingerprint density at radius 3 is 2.94 bits per heavy atom. The fourth-order valence-corrected chi connectivity index (χ4v) is 2.46. The molecule has 0 aliphatic heterocycles. The van der Waals surface area contributed by atoms with E-state index in [-0.39, 0.29) is 11.9 Å². The number of hydrogen-bond donors (Lipinski definition) is 1. The van der Waals surface area contributed by atoms with Crippen LogP contribution in [0, 0.1) is 5.82 Å². The monoisotopic (exact) mass is 250 g/mol. The average molecular weight is 250 g/mol. The number of rotatable bonds is 4. The van der Waals surface area contributed by atoms with Crippen LogP contribution in [0.1, 0.15) is 31.1 Å². The van der Waals surface area contributed by atoms with E-state index >= 15 is 0 Å². The molecule has 0 spiro atoms. The van der Waals surface area contributed by atoms with Gasteiger partial charge in [0.15, 0.2) is 5.13 Å². The van der Waals surface area contributed by atoms with E-state index in [1.165, 1.54) is 6.07 Å². The summed E-state index contributed by atoms with van der Waals surface area (Å²) in [5.41, 5.74) is 2.02. The van der Waals surface area contributed by atoms with E-state index in [2.05, 4.69) is 17.2 Å². The zero-order valence-corrected chi connectivity index (χ0v) is 10.7. The molecule has 0 aliphatic rings. The molecule has 2 nitrogen and oxygen atoms in total. The first-order valence-corrected chi connectivity index (χ1v) is 6.53. The van der Waals surface area contributed by atoms with Crippen molar-refractivity contribution in [2.45, 2.75) is 26.3 Å². The van der Waals surface area contributed by atoms with Gasteiger partial charge in [0.2, 0.25) is 0 Å². The van der Waals surface area contributed by atoms with Gasteiger partial charge in [-0.05, 0) is 31.0 Å². The number of hydrogen-bond acceptors (Lipinski definition) is 3. The zero-order valence-electron chi connectivity index (χ0n) is 9.90. The highest BCUT2D eigenvalue weighted by Gasteiger charge is 2.08. The number of anilines is 1. The number of thiazole rings is 1. The lowest BCUT2D eigenvalue weighted by Gasteiger charge is -2.13. The molecule has 2 rings (SSSR count). The number of nitrogens with one attached hydrogen (secondary N) is 1. The molecule has 1 aromatic heterocycles. The summed E-state index contributed by atoms with van der Waals surface area (Å²) in [7, 11) is 0. The molecular weight excluding hydrogens is 235 g/mol. The highest BCUT2D eigenvalue weighted by Crippen LogP contribution is 2.22. The summed E-state index contributed by atoms with van der Waals surface area (Å²) in [6.45, 7) is 4.08. The molecule has 90 valence electrons. The molecule has 1 unspecified atom stereocenters. The number of halogens is 1. The SMILES string of the molecule is CCc1csc(NC(C)c2cccc(F)c2)n1. The largest absolute Gasteiger partial charge is 0.355 e. The third-order valence-electron chi connectivity index (χ3n) is 2.60. The molecule has 2 aromatic rings. The fourth-order valence-electron chi connectivity index (χ4n) is 1.58. The Balaban J connectivity index is 2.08. The standard InChI is InChI=1S/C13H15FN2S/c1-3-12-8-17-13(16-12)15-9(2)10-5-4-6-11(14)7-10/h4-9H,3H2,1-2H3,(H,15,16). The lowest BCUT2D eigenvalue weighted by atomic mass is 10.1. The Labute approximate surface area is 105 Å². The molecule has 1 N–H and O–H groups in total. The molecule has 0 saturated carbocycles. The van der Waals surface area contributed by atoms with E-state index in [0.717, 1.165) is 22.8 Å². The molecule has 17 heavy (non-hydrogen) atoms. The van der Waals surface area contributed by atoms with Gasteiger partial charge in [0, 0.05) is 5.38 Å². The van der Waals surface area contributed by atoms with Gasteiger partial charge in [0.25, 0.3) is 0 Å². The first-order valence-electron chi connectivity index (χ1n) is 5.65. The van der Waals surface area contributed by atoms with Gasteiger partial charge < -0.3 is 5.32 Å². The first kappa shape index (κ1) is 12.0. The molecular formula is C13H15FN2S. The van der Waals surface area contributed by atoms with Crippen molar-refractivity contribution in [3.63, 3.8) is 0 Å². The number of aromatic nitrogens is 1. The van der Waals surface area contributed by atoms with Crippen LogP contribution < -0.4 is 5.32 Å². The Hall–Kier alpha value is -1.42. The first-order chi connectivity index (χ1) is 8.19. The van der Waals surface area contributed by atoms with Crippen LogP contribution in [0.4, 0.5) is 9.52 Å². The third kappa shape index (κ3) is 3.03. The number of aryl methyl sites for hydroxylation is 1. The minimum Gasteiger partial charge on any atom is -0.355 e. The maximum atomic E-state index is 13.1. The van der Waals surface area contributed by atoms with Crippen molar-refractivity contribution in [2.75, 3.05) is 5.32 Å². The quantitative estimate of drug-likeness (QED) is 0.886. The van der Waals surface area contributed by atoms with Gasteiger partial charge in [0.1, 0.15) is 5.82 Å². The summed E-state index contributed by atoms with van der Waals surface area (Å²) in [6, 6.07) is 6.69. The maximum Gasteiger partial charge on any atom is 0.183 e. The highest BCUT2D eigenvalue weighted by molar-refractivity contribution is 7.13. The predicted molar refractivity (Wildman–Crippen MR) is 69.9 cm³/mol. The molecule has 0 radical (unpaired) electrons. The van der Waals surface area contributed by atoms with E-state index in [4.69, 9.17) is 0 Å². The van der Waals surface area contributed by atoms with E-state index in [0.29, 0.717) is 0 Å². The van der Waals surface area contributed by atoms with E-state index < -0.39 is 0 Å². The van der Waals surface area contributed by atoms with Crippen LogP contribution in [0.15, 0.2) is 29.6 Å². The van der Waals surface area contributed by atoms with Crippen LogP contribution >= 0.6 is 11.3 Å². The molecule has 0 saturated heterocycles. The summed E-state index contributed by atoms with van der Waals surface area (Å²) in [4.78, 5) is 4.43. The van der Waals surface area contributed by atoms with Crippen LogP contribution in [-0.2, 0) is 6.42 Å². The molecule has 4 heteroatoms. The van der Waals surface area contributed by atoms with Crippen LogP contribution in [0.5, 0.6) is 0 Å². The second-order valence-electron chi connectivity index (χ2n) is 3.92. The van der Waals surface area contributed by atoms with Crippen LogP contribution in [-0.4, -0.2) is 4.98 Å². The fraction of sp³-hybridized carbons (Fsp3) is 0.308. The van der Waals surface area contributed by atoms with Gasteiger partial charge >= 0.3 is 0 Å². The average Bonchev–Trinajstić information content (AvgIpc) is 2.77. The lowest BCUT2D eigenvalue weighted by Crippen LogP contribution is -2.06. The summed E-state index contributed by atoms with van der Waals surface area (Å²) in [5.74, 6) is -0.204. The Morgan fingerprint density at radius 2 is 2.29 bits per heavy atom. The van der Waals surface area contributed by atoms with Crippen molar-refractivity contribution in [1.82, 2.24) is 4.98 Å². The topological polar surface area (TPSA) is 24.9 Å². The van der Waals surface area contributed by atoms with Gasteiger partial charge in [-0.15, -0.1) is 11.3 Å². The van der Waals surface area contributed by atoms with Crippen molar-refractivity contribution >= 4 is 16.5 Å². The van der Waals surface area contributed by atoms with Crippen LogP contribution in [0.3, 0.4) is 0 Å². The van der Waals surface area contributed by atoms with Crippen molar-refractivity contribution in [3.8, 4) is 0 Å². The minimum absolute atomic E-state index is 0.0570. The van der Waals surface area contributed by atoms with E-state index in [1.807, 2.05) is 18.4 Å². The molecule has 1 atom stereocenters. The van der Waals surface area contributed by atoms with E-state index in [1.54, 1.807) is 23.5 Å². The summed E-state index contributed by atoms with van der Waals surface area (Å²) < 4.78 is 13.1. The van der Waals surface area contributed by atoms with Crippen LogP contribution in [0.2, 0.25) is 0 Å². The molecule has 0 fully saturated rings. The molecule has 1 aromatic carbocycles. The van der Waals surface area contributed by atoms with Crippen molar-refractivity contribution in [1.29, 1.82) is 0 Å². The normalized spacial score (nSPS) is 12.4. The third-order valence-corrected chi connectivity index (χ3v) is 3.42. The molecule has 0 bridgehead atoms. The minimum atomic E-state index is -0.204. The van der Waals surface area contributed by atoms with Gasteiger partial charge in [-0.25, -0.2) is 9.37 Å². The highest BCUT2D eigenvalue weighted by atomic mass is 32.1. The van der Waals surface area contributed by atoms with Gasteiger partial charge in [-0.3, -0.25) is 0 Å². The molecule has 0 amide bonds. The Bertz CT molecular complexity index is 496. The second-order valence-corrected chi connectivity index (χ2v) is 4.78. The number of nitrogens with zero attached hydrogens (tertiary/aromatic N) is 1. The smallest absolute Gasteiger partial charge is 0.183 e. The van der Waals surface area contributed by atoms with Crippen LogP contribution in [0.25, 0.3) is 0 Å². The van der Waals surface area contributed by atoms with E-state index in [9.17, 15) is 4.39 Å². The summed E-state index contributed by atoms with van der Waals surface area (Å²) >= 11 is 1.59. The van der Waals surface area contributed by atoms with Crippen molar-refractivity contribution in [3.05, 3.63) is 46.7 Å². The van der Waals surface area contributed by atoms with Crippen molar-refractivity contribution < 1.29 is 4.39 Å². The molecule has 0 aliphatic carbocycles. The second kappa shape index (κ2) is 5.27. The van der Waals surface area contributed by atoms with Crippen molar-refractivity contribution in [2.24, 2.45) is 0 Å². The molecule has 1 heterocycles. The zero-order chi connectivity index (χ0) is 12.3. The van der Waals surface area contributed by atoms with Gasteiger partial charge in [-0.1, -0.05) is 19.1 Å². The maximum absolute atomic E-state index is 13.1. The summed E-state index contributed by atoms with van der Waals surface area (Å²) in [6.07, 6.45) is 0.937. The Morgan fingerprint density at radius 1 is 1.47 bits per heavy atom. The Kier molecular flexibility index (Phi) is 3.74.